The molecule has 0 fully saturated rings. The first-order chi connectivity index (χ1) is 14.2. The fraction of sp³-hybridized carbons (Fsp3) is 0. The van der Waals surface area contributed by atoms with Gasteiger partial charge in [-0.1, -0.05) is 72.3 Å². The number of phenols is 1. The van der Waals surface area contributed by atoms with Crippen LogP contribution < -0.4 is 0 Å². The fourth-order valence-electron chi connectivity index (χ4n) is 2.71. The van der Waals surface area contributed by atoms with Crippen molar-refractivity contribution in [2.75, 3.05) is 0 Å². The molecule has 142 valence electrons. The molecule has 0 aliphatic carbocycles. The zero-order valence-corrected chi connectivity index (χ0v) is 16.1. The van der Waals surface area contributed by atoms with E-state index in [-0.39, 0.29) is 5.75 Å². The van der Waals surface area contributed by atoms with Gasteiger partial charge in [-0.05, 0) is 23.8 Å². The molecule has 0 aliphatic rings. The molecule has 4 aromatic rings. The molecule has 0 amide bonds. The van der Waals surface area contributed by atoms with Crippen LogP contribution in [-0.4, -0.2) is 27.2 Å². The van der Waals surface area contributed by atoms with Gasteiger partial charge in [-0.3, -0.25) is 0 Å². The average molecular weight is 401 g/mol. The Bertz CT molecular complexity index is 1170. The summed E-state index contributed by atoms with van der Waals surface area (Å²) in [6.45, 7) is 0. The van der Waals surface area contributed by atoms with E-state index in [4.69, 9.17) is 11.6 Å². The van der Waals surface area contributed by atoms with Crippen molar-refractivity contribution in [2.45, 2.75) is 0 Å². The number of rotatable bonds is 5. The van der Waals surface area contributed by atoms with Crippen LogP contribution in [0.1, 0.15) is 11.1 Å². The standard InChI is InChI=1S/C23H17ClN4O/c24-20-11-12-22(29)19(13-20)15-25-23-27-21(18-9-5-2-6-10-18)16-28(23)26-14-17-7-3-1-4-8-17/h1-16,29H/b25-15+,26-14?. The quantitative estimate of drug-likeness (QED) is 0.447. The molecule has 4 rings (SSSR count). The van der Waals surface area contributed by atoms with E-state index in [9.17, 15) is 5.11 Å². The van der Waals surface area contributed by atoms with Crippen LogP contribution in [0.5, 0.6) is 5.75 Å². The Hall–Kier alpha value is -3.70. The molecular formula is C23H17ClN4O. The van der Waals surface area contributed by atoms with Crippen LogP contribution in [0.3, 0.4) is 0 Å². The maximum absolute atomic E-state index is 10.0. The summed E-state index contributed by atoms with van der Waals surface area (Å²) in [4.78, 5) is 9.03. The highest BCUT2D eigenvalue weighted by Crippen LogP contribution is 2.24. The van der Waals surface area contributed by atoms with E-state index < -0.39 is 0 Å². The van der Waals surface area contributed by atoms with Gasteiger partial charge in [0.15, 0.2) is 0 Å². The van der Waals surface area contributed by atoms with Crippen LogP contribution in [0, 0.1) is 0 Å². The predicted octanol–water partition coefficient (Wildman–Crippen LogP) is 5.54. The maximum atomic E-state index is 10.0. The first kappa shape index (κ1) is 18.7. The molecule has 0 aliphatic heterocycles. The predicted molar refractivity (Wildman–Crippen MR) is 117 cm³/mol. The van der Waals surface area contributed by atoms with Gasteiger partial charge in [-0.25, -0.2) is 14.7 Å². The monoisotopic (exact) mass is 400 g/mol. The largest absolute Gasteiger partial charge is 0.507 e. The van der Waals surface area contributed by atoms with E-state index in [0.29, 0.717) is 16.5 Å². The van der Waals surface area contributed by atoms with Gasteiger partial charge in [0, 0.05) is 22.4 Å². The van der Waals surface area contributed by atoms with Crippen molar-refractivity contribution in [2.24, 2.45) is 10.1 Å². The lowest BCUT2D eigenvalue weighted by Crippen LogP contribution is -1.90. The van der Waals surface area contributed by atoms with E-state index in [1.165, 1.54) is 12.3 Å². The van der Waals surface area contributed by atoms with E-state index in [2.05, 4.69) is 15.1 Å². The van der Waals surface area contributed by atoms with Crippen LogP contribution in [0.25, 0.3) is 11.3 Å². The van der Waals surface area contributed by atoms with Gasteiger partial charge in [0.05, 0.1) is 18.1 Å². The second-order valence-corrected chi connectivity index (χ2v) is 6.69. The number of aromatic hydroxyl groups is 1. The molecule has 0 bridgehead atoms. The zero-order valence-electron chi connectivity index (χ0n) is 15.4. The highest BCUT2D eigenvalue weighted by molar-refractivity contribution is 6.30. The molecule has 0 atom stereocenters. The molecule has 0 saturated heterocycles. The minimum Gasteiger partial charge on any atom is -0.507 e. The van der Waals surface area contributed by atoms with Crippen LogP contribution >= 0.6 is 11.6 Å². The average Bonchev–Trinajstić information content (AvgIpc) is 3.17. The molecule has 0 radical (unpaired) electrons. The topological polar surface area (TPSA) is 62.8 Å². The third kappa shape index (κ3) is 4.59. The summed E-state index contributed by atoms with van der Waals surface area (Å²) in [7, 11) is 0. The Kier molecular flexibility index (Phi) is 5.49. The zero-order chi connectivity index (χ0) is 20.1. The number of phenolic OH excluding ortho intramolecular Hbond substituents is 1. The Morgan fingerprint density at radius 2 is 1.62 bits per heavy atom. The van der Waals surface area contributed by atoms with Gasteiger partial charge in [0.1, 0.15) is 5.75 Å². The summed E-state index contributed by atoms with van der Waals surface area (Å²) in [6.07, 6.45) is 5.08. The molecule has 0 spiro atoms. The van der Waals surface area contributed by atoms with Crippen LogP contribution in [0.4, 0.5) is 5.95 Å². The third-order valence-corrected chi connectivity index (χ3v) is 4.41. The maximum Gasteiger partial charge on any atom is 0.251 e. The molecule has 0 saturated carbocycles. The van der Waals surface area contributed by atoms with Crippen molar-refractivity contribution in [3.8, 4) is 17.0 Å². The second-order valence-electron chi connectivity index (χ2n) is 6.25. The molecule has 1 aromatic heterocycles. The summed E-state index contributed by atoms with van der Waals surface area (Å²) in [5.41, 5.74) is 3.17. The Morgan fingerprint density at radius 1 is 0.897 bits per heavy atom. The van der Waals surface area contributed by atoms with Gasteiger partial charge >= 0.3 is 0 Å². The first-order valence-corrected chi connectivity index (χ1v) is 9.34. The van der Waals surface area contributed by atoms with Gasteiger partial charge in [0.25, 0.3) is 5.95 Å². The van der Waals surface area contributed by atoms with Crippen molar-refractivity contribution in [3.05, 3.63) is 101 Å². The number of halogens is 1. The third-order valence-electron chi connectivity index (χ3n) is 4.18. The van der Waals surface area contributed by atoms with Crippen LogP contribution in [-0.2, 0) is 0 Å². The van der Waals surface area contributed by atoms with Crippen molar-refractivity contribution in [1.29, 1.82) is 0 Å². The number of hydrogen-bond acceptors (Lipinski definition) is 4. The second kappa shape index (κ2) is 8.54. The van der Waals surface area contributed by atoms with E-state index in [0.717, 1.165) is 16.8 Å². The minimum absolute atomic E-state index is 0.0901. The molecule has 1 heterocycles. The van der Waals surface area contributed by atoms with E-state index in [1.807, 2.05) is 66.9 Å². The van der Waals surface area contributed by atoms with Crippen molar-refractivity contribution in [1.82, 2.24) is 9.66 Å². The Balaban J connectivity index is 1.72. The lowest BCUT2D eigenvalue weighted by Gasteiger charge is -1.99. The van der Waals surface area contributed by atoms with E-state index >= 15 is 0 Å². The number of aromatic nitrogens is 2. The summed E-state index contributed by atoms with van der Waals surface area (Å²) >= 11 is 6.01. The Labute approximate surface area is 173 Å². The highest BCUT2D eigenvalue weighted by atomic mass is 35.5. The molecular weight excluding hydrogens is 384 g/mol. The Morgan fingerprint density at radius 3 is 2.38 bits per heavy atom. The molecule has 1 N–H and O–H groups in total. The lowest BCUT2D eigenvalue weighted by molar-refractivity contribution is 0.474. The molecule has 3 aromatic carbocycles. The highest BCUT2D eigenvalue weighted by Gasteiger charge is 2.08. The normalized spacial score (nSPS) is 11.5. The van der Waals surface area contributed by atoms with Crippen LogP contribution in [0.2, 0.25) is 5.02 Å². The first-order valence-electron chi connectivity index (χ1n) is 8.96. The number of benzene rings is 3. The van der Waals surface area contributed by atoms with Crippen molar-refractivity contribution < 1.29 is 5.11 Å². The smallest absolute Gasteiger partial charge is 0.251 e. The van der Waals surface area contributed by atoms with Crippen LogP contribution in [0.15, 0.2) is 95.2 Å². The van der Waals surface area contributed by atoms with Gasteiger partial charge in [-0.15, -0.1) is 0 Å². The SMILES string of the molecule is Oc1ccc(Cl)cc1/C=N/c1nc(-c2ccccc2)cn1N=Cc1ccccc1. The number of hydrogen-bond donors (Lipinski definition) is 1. The van der Waals surface area contributed by atoms with Crippen molar-refractivity contribution in [3.63, 3.8) is 0 Å². The fourth-order valence-corrected chi connectivity index (χ4v) is 2.89. The molecule has 5 nitrogen and oxygen atoms in total. The van der Waals surface area contributed by atoms with E-state index in [1.54, 1.807) is 23.0 Å². The summed E-state index contributed by atoms with van der Waals surface area (Å²) in [6, 6.07) is 24.4. The van der Waals surface area contributed by atoms with Gasteiger partial charge < -0.3 is 5.11 Å². The summed E-state index contributed by atoms with van der Waals surface area (Å²) in [5.74, 6) is 0.475. The lowest BCUT2D eigenvalue weighted by atomic mass is 10.2. The number of aliphatic imine (C=N–C) groups is 1. The minimum atomic E-state index is 0.0901. The van der Waals surface area contributed by atoms with Gasteiger partial charge in [-0.2, -0.15) is 5.10 Å². The molecule has 29 heavy (non-hydrogen) atoms. The molecule has 6 heteroatoms. The van der Waals surface area contributed by atoms with Gasteiger partial charge in [0.2, 0.25) is 0 Å². The van der Waals surface area contributed by atoms with Crippen molar-refractivity contribution >= 4 is 30.0 Å². The number of imidazole rings is 1. The number of nitrogens with zero attached hydrogens (tertiary/aromatic N) is 4. The molecule has 0 unspecified atom stereocenters. The summed E-state index contributed by atoms with van der Waals surface area (Å²) < 4.78 is 1.60. The summed E-state index contributed by atoms with van der Waals surface area (Å²) in [5, 5.41) is 15.0.